The second-order valence-electron chi connectivity index (χ2n) is 5.61. The van der Waals surface area contributed by atoms with E-state index in [1.807, 2.05) is 30.3 Å². The number of hydrogen-bond donors (Lipinski definition) is 1. The van der Waals surface area contributed by atoms with Crippen molar-refractivity contribution >= 4 is 41.0 Å². The van der Waals surface area contributed by atoms with Crippen LogP contribution in [-0.4, -0.2) is 10.9 Å². The van der Waals surface area contributed by atoms with Crippen LogP contribution >= 0.6 is 23.2 Å². The Kier molecular flexibility index (Phi) is 6.47. The number of pyridine rings is 1. The zero-order valence-electron chi connectivity index (χ0n) is 14.2. The average molecular weight is 399 g/mol. The Bertz CT molecular complexity index is 959. The third-order valence-electron chi connectivity index (χ3n) is 3.63. The van der Waals surface area contributed by atoms with Crippen LogP contribution in [0.4, 0.5) is 5.82 Å². The van der Waals surface area contributed by atoms with E-state index < -0.39 is 0 Å². The van der Waals surface area contributed by atoms with Crippen LogP contribution in [0, 0.1) is 0 Å². The summed E-state index contributed by atoms with van der Waals surface area (Å²) in [5.41, 5.74) is 1.72. The molecular weight excluding hydrogens is 383 g/mol. The number of halogens is 2. The highest BCUT2D eigenvalue weighted by Crippen LogP contribution is 2.23. The summed E-state index contributed by atoms with van der Waals surface area (Å²) in [4.78, 5) is 16.4. The van der Waals surface area contributed by atoms with Crippen LogP contribution in [0.15, 0.2) is 72.9 Å². The molecule has 0 aliphatic rings. The summed E-state index contributed by atoms with van der Waals surface area (Å²) in [6.45, 7) is 0.381. The molecule has 0 fully saturated rings. The number of nitrogens with zero attached hydrogens (tertiary/aromatic N) is 1. The van der Waals surface area contributed by atoms with E-state index in [9.17, 15) is 4.79 Å². The lowest BCUT2D eigenvalue weighted by molar-refractivity contribution is -0.111. The first-order valence-electron chi connectivity index (χ1n) is 8.17. The number of hydrogen-bond acceptors (Lipinski definition) is 3. The molecule has 0 aliphatic carbocycles. The van der Waals surface area contributed by atoms with Gasteiger partial charge in [-0.3, -0.25) is 4.79 Å². The van der Waals surface area contributed by atoms with Gasteiger partial charge in [-0.1, -0.05) is 59.6 Å². The minimum Gasteiger partial charge on any atom is -0.485 e. The molecule has 4 nitrogen and oxygen atoms in total. The summed E-state index contributed by atoms with van der Waals surface area (Å²) in [7, 11) is 0. The molecule has 2 aromatic carbocycles. The lowest BCUT2D eigenvalue weighted by Crippen LogP contribution is -2.11. The normalized spacial score (nSPS) is 10.7. The largest absolute Gasteiger partial charge is 0.485 e. The van der Waals surface area contributed by atoms with Gasteiger partial charge in [-0.05, 0) is 41.5 Å². The van der Waals surface area contributed by atoms with Crippen LogP contribution in [0.3, 0.4) is 0 Å². The van der Waals surface area contributed by atoms with Crippen LogP contribution < -0.4 is 10.1 Å². The number of anilines is 1. The second-order valence-corrected chi connectivity index (χ2v) is 6.46. The lowest BCUT2D eigenvalue weighted by atomic mass is 10.2. The number of carbonyl (C=O) groups excluding carboxylic acids is 1. The number of nitrogens with one attached hydrogen (secondary N) is 1. The highest BCUT2D eigenvalue weighted by atomic mass is 35.5. The van der Waals surface area contributed by atoms with Crippen LogP contribution in [0.2, 0.25) is 10.0 Å². The molecule has 6 heteroatoms. The maximum atomic E-state index is 12.2. The Morgan fingerprint density at radius 2 is 1.89 bits per heavy atom. The fraction of sp³-hybridized carbons (Fsp3) is 0.0476. The van der Waals surface area contributed by atoms with E-state index in [4.69, 9.17) is 27.9 Å². The molecule has 0 radical (unpaired) electrons. The smallest absolute Gasteiger partial charge is 0.249 e. The quantitative estimate of drug-likeness (QED) is 0.548. The highest BCUT2D eigenvalue weighted by molar-refractivity contribution is 6.35. The summed E-state index contributed by atoms with van der Waals surface area (Å²) in [5.74, 6) is 0.502. The molecule has 0 saturated carbocycles. The van der Waals surface area contributed by atoms with Gasteiger partial charge in [0.25, 0.3) is 0 Å². The maximum Gasteiger partial charge on any atom is 0.249 e. The Balaban J connectivity index is 1.66. The fourth-order valence-electron chi connectivity index (χ4n) is 2.30. The Labute approximate surface area is 167 Å². The number of ether oxygens (including phenoxy) is 1. The third kappa shape index (κ3) is 5.58. The van der Waals surface area contributed by atoms with E-state index in [2.05, 4.69) is 10.3 Å². The van der Waals surface area contributed by atoms with Crippen molar-refractivity contribution in [2.24, 2.45) is 0 Å². The number of amides is 1. The number of aromatic nitrogens is 1. The topological polar surface area (TPSA) is 51.2 Å². The Morgan fingerprint density at radius 1 is 1.07 bits per heavy atom. The summed E-state index contributed by atoms with van der Waals surface area (Å²) >= 11 is 12.0. The van der Waals surface area contributed by atoms with Gasteiger partial charge in [0, 0.05) is 22.3 Å². The minimum atomic E-state index is -0.343. The lowest BCUT2D eigenvalue weighted by Gasteiger charge is -2.10. The van der Waals surface area contributed by atoms with Crippen molar-refractivity contribution in [3.8, 4) is 5.75 Å². The molecule has 1 aromatic heterocycles. The van der Waals surface area contributed by atoms with Crippen molar-refractivity contribution in [2.45, 2.75) is 6.61 Å². The number of carbonyl (C=O) groups is 1. The van der Waals surface area contributed by atoms with Gasteiger partial charge >= 0.3 is 0 Å². The van der Waals surface area contributed by atoms with Crippen molar-refractivity contribution in [2.75, 3.05) is 5.32 Å². The van der Waals surface area contributed by atoms with Crippen molar-refractivity contribution in [1.29, 1.82) is 0 Å². The first-order chi connectivity index (χ1) is 13.1. The van der Waals surface area contributed by atoms with Crippen LogP contribution in [0.25, 0.3) is 6.08 Å². The molecule has 0 unspecified atom stereocenters. The molecule has 27 heavy (non-hydrogen) atoms. The molecule has 1 heterocycles. The summed E-state index contributed by atoms with van der Waals surface area (Å²) < 4.78 is 5.78. The molecule has 1 amide bonds. The molecule has 136 valence electrons. The van der Waals surface area contributed by atoms with Crippen LogP contribution in [0.5, 0.6) is 5.75 Å². The van der Waals surface area contributed by atoms with Crippen molar-refractivity contribution in [3.63, 3.8) is 0 Å². The Morgan fingerprint density at radius 3 is 2.67 bits per heavy atom. The predicted octanol–water partition coefficient (Wildman–Crippen LogP) is 5.62. The van der Waals surface area contributed by atoms with Crippen LogP contribution in [-0.2, 0) is 11.4 Å². The fourth-order valence-corrected chi connectivity index (χ4v) is 2.77. The second kappa shape index (κ2) is 9.21. The number of rotatable bonds is 6. The van der Waals surface area contributed by atoms with Gasteiger partial charge in [-0.2, -0.15) is 0 Å². The standard InChI is InChI=1S/C21H16Cl2N2O2/c22-17-10-8-16(18(23)13-17)9-11-20(26)25-21-19(7-4-12-24-21)27-14-15-5-2-1-3-6-15/h1-13H,14H2,(H,24,25,26)/b11-9+. The zero-order chi connectivity index (χ0) is 19.1. The summed E-state index contributed by atoms with van der Waals surface area (Å²) in [6.07, 6.45) is 4.58. The molecular formula is C21H16Cl2N2O2. The van der Waals surface area contributed by atoms with Crippen LogP contribution in [0.1, 0.15) is 11.1 Å². The Hall–Kier alpha value is -2.82. The molecule has 0 saturated heterocycles. The van der Waals surface area contributed by atoms with Gasteiger partial charge in [-0.15, -0.1) is 0 Å². The van der Waals surface area contributed by atoms with Gasteiger partial charge in [0.15, 0.2) is 11.6 Å². The average Bonchev–Trinajstić information content (AvgIpc) is 2.67. The van der Waals surface area contributed by atoms with Crippen molar-refractivity contribution in [3.05, 3.63) is 94.1 Å². The van der Waals surface area contributed by atoms with Gasteiger partial charge in [0.1, 0.15) is 6.61 Å². The van der Waals surface area contributed by atoms with E-state index in [-0.39, 0.29) is 5.91 Å². The van der Waals surface area contributed by atoms with Gasteiger partial charge in [0.2, 0.25) is 5.91 Å². The molecule has 0 bridgehead atoms. The van der Waals surface area contributed by atoms with E-state index >= 15 is 0 Å². The third-order valence-corrected chi connectivity index (χ3v) is 4.19. The van der Waals surface area contributed by atoms with Crippen molar-refractivity contribution in [1.82, 2.24) is 4.98 Å². The summed E-state index contributed by atoms with van der Waals surface area (Å²) in [5, 5.41) is 3.72. The maximum absolute atomic E-state index is 12.2. The molecule has 1 N–H and O–H groups in total. The molecule has 0 spiro atoms. The first-order valence-corrected chi connectivity index (χ1v) is 8.93. The molecule has 0 aliphatic heterocycles. The van der Waals surface area contributed by atoms with Gasteiger partial charge < -0.3 is 10.1 Å². The zero-order valence-corrected chi connectivity index (χ0v) is 15.7. The van der Waals surface area contributed by atoms with E-state index in [0.717, 1.165) is 5.56 Å². The SMILES string of the molecule is O=C(/C=C/c1ccc(Cl)cc1Cl)Nc1ncccc1OCc1ccccc1. The van der Waals surface area contributed by atoms with E-state index in [1.165, 1.54) is 6.08 Å². The minimum absolute atomic E-state index is 0.343. The molecule has 0 atom stereocenters. The van der Waals surface area contributed by atoms with Gasteiger partial charge in [-0.25, -0.2) is 4.98 Å². The number of benzene rings is 2. The molecule has 3 aromatic rings. The van der Waals surface area contributed by atoms with Gasteiger partial charge in [0.05, 0.1) is 0 Å². The molecule has 3 rings (SSSR count). The van der Waals surface area contributed by atoms with E-state index in [1.54, 1.807) is 42.6 Å². The first kappa shape index (κ1) is 19.0. The van der Waals surface area contributed by atoms with Crippen molar-refractivity contribution < 1.29 is 9.53 Å². The van der Waals surface area contributed by atoms with E-state index in [0.29, 0.717) is 33.8 Å². The monoisotopic (exact) mass is 398 g/mol. The predicted molar refractivity (Wildman–Crippen MR) is 109 cm³/mol. The highest BCUT2D eigenvalue weighted by Gasteiger charge is 2.08. The summed E-state index contributed by atoms with van der Waals surface area (Å²) in [6, 6.07) is 18.3.